The van der Waals surface area contributed by atoms with Gasteiger partial charge < -0.3 is 9.47 Å². The number of ether oxygens (including phenoxy) is 2. The van der Waals surface area contributed by atoms with Crippen molar-refractivity contribution in [3.05, 3.63) is 12.3 Å². The van der Waals surface area contributed by atoms with E-state index in [0.717, 1.165) is 26.1 Å². The lowest BCUT2D eigenvalue weighted by atomic mass is 10.2. The Balaban J connectivity index is 2.10. The summed E-state index contributed by atoms with van der Waals surface area (Å²) >= 11 is 0. The standard InChI is InChI=1S/C8H14O2/c1-2-9-7-8-5-3-4-6-10-8/h4,6,8H,2-3,5,7H2,1H3. The predicted octanol–water partition coefficient (Wildman–Crippen LogP) is 1.72. The molecule has 2 nitrogen and oxygen atoms in total. The largest absolute Gasteiger partial charge is 0.496 e. The van der Waals surface area contributed by atoms with Crippen molar-refractivity contribution < 1.29 is 9.47 Å². The van der Waals surface area contributed by atoms with Gasteiger partial charge in [0.25, 0.3) is 0 Å². The Morgan fingerprint density at radius 1 is 1.70 bits per heavy atom. The Morgan fingerprint density at radius 3 is 3.20 bits per heavy atom. The second-order valence-corrected chi connectivity index (χ2v) is 2.37. The molecule has 58 valence electrons. The van der Waals surface area contributed by atoms with Crippen molar-refractivity contribution in [2.45, 2.75) is 25.9 Å². The lowest BCUT2D eigenvalue weighted by Gasteiger charge is -2.18. The highest BCUT2D eigenvalue weighted by atomic mass is 16.5. The first-order chi connectivity index (χ1) is 4.93. The lowest BCUT2D eigenvalue weighted by molar-refractivity contribution is 0.0226. The molecule has 1 atom stereocenters. The van der Waals surface area contributed by atoms with Crippen LogP contribution >= 0.6 is 0 Å². The average Bonchev–Trinajstić information content (AvgIpc) is 2.03. The molecule has 2 heteroatoms. The van der Waals surface area contributed by atoms with E-state index in [1.807, 2.05) is 13.0 Å². The molecule has 1 aliphatic heterocycles. The minimum absolute atomic E-state index is 0.296. The summed E-state index contributed by atoms with van der Waals surface area (Å²) in [4.78, 5) is 0. The van der Waals surface area contributed by atoms with E-state index in [4.69, 9.17) is 9.47 Å². The van der Waals surface area contributed by atoms with Crippen molar-refractivity contribution in [2.24, 2.45) is 0 Å². The van der Waals surface area contributed by atoms with E-state index < -0.39 is 0 Å². The molecule has 1 heterocycles. The Kier molecular flexibility index (Phi) is 3.30. The van der Waals surface area contributed by atoms with Crippen molar-refractivity contribution in [1.29, 1.82) is 0 Å². The number of rotatable bonds is 3. The maximum Gasteiger partial charge on any atom is 0.121 e. The van der Waals surface area contributed by atoms with E-state index in [1.54, 1.807) is 6.26 Å². The normalized spacial score (nSPS) is 24.3. The second kappa shape index (κ2) is 4.34. The summed E-state index contributed by atoms with van der Waals surface area (Å²) in [5.74, 6) is 0. The summed E-state index contributed by atoms with van der Waals surface area (Å²) < 4.78 is 10.5. The zero-order chi connectivity index (χ0) is 7.23. The minimum atomic E-state index is 0.296. The van der Waals surface area contributed by atoms with Gasteiger partial charge >= 0.3 is 0 Å². The third-order valence-corrected chi connectivity index (χ3v) is 1.53. The van der Waals surface area contributed by atoms with Crippen LogP contribution in [0.4, 0.5) is 0 Å². The SMILES string of the molecule is CCOCC1CCC=CO1. The molecule has 1 unspecified atom stereocenters. The number of hydrogen-bond acceptors (Lipinski definition) is 2. The van der Waals surface area contributed by atoms with Gasteiger partial charge in [0.05, 0.1) is 12.9 Å². The molecule has 0 fully saturated rings. The van der Waals surface area contributed by atoms with Gasteiger partial charge in [0.15, 0.2) is 0 Å². The molecule has 0 aromatic carbocycles. The molecule has 0 saturated carbocycles. The van der Waals surface area contributed by atoms with E-state index in [1.165, 1.54) is 0 Å². The van der Waals surface area contributed by atoms with Crippen molar-refractivity contribution >= 4 is 0 Å². The van der Waals surface area contributed by atoms with Crippen molar-refractivity contribution in [2.75, 3.05) is 13.2 Å². The topological polar surface area (TPSA) is 18.5 Å². The van der Waals surface area contributed by atoms with Gasteiger partial charge in [-0.25, -0.2) is 0 Å². The minimum Gasteiger partial charge on any atom is -0.496 e. The third-order valence-electron chi connectivity index (χ3n) is 1.53. The summed E-state index contributed by atoms with van der Waals surface area (Å²) in [5.41, 5.74) is 0. The molecule has 0 radical (unpaired) electrons. The molecule has 0 aromatic rings. The third kappa shape index (κ3) is 2.40. The highest BCUT2D eigenvalue weighted by Crippen LogP contribution is 2.09. The van der Waals surface area contributed by atoms with Gasteiger partial charge in [0.1, 0.15) is 6.10 Å². The first kappa shape index (κ1) is 7.61. The van der Waals surface area contributed by atoms with Crippen LogP contribution in [0.3, 0.4) is 0 Å². The van der Waals surface area contributed by atoms with Gasteiger partial charge in [0.2, 0.25) is 0 Å². The van der Waals surface area contributed by atoms with Crippen LogP contribution in [-0.4, -0.2) is 19.3 Å². The first-order valence-electron chi connectivity index (χ1n) is 3.81. The van der Waals surface area contributed by atoms with Crippen LogP contribution in [0.5, 0.6) is 0 Å². The van der Waals surface area contributed by atoms with Crippen LogP contribution < -0.4 is 0 Å². The average molecular weight is 142 g/mol. The summed E-state index contributed by atoms with van der Waals surface area (Å²) in [7, 11) is 0. The number of allylic oxidation sites excluding steroid dienone is 1. The van der Waals surface area contributed by atoms with Crippen molar-refractivity contribution in [1.82, 2.24) is 0 Å². The molecule has 0 spiro atoms. The van der Waals surface area contributed by atoms with E-state index >= 15 is 0 Å². The zero-order valence-electron chi connectivity index (χ0n) is 6.38. The van der Waals surface area contributed by atoms with E-state index in [0.29, 0.717) is 6.10 Å². The van der Waals surface area contributed by atoms with E-state index in [-0.39, 0.29) is 0 Å². The Bertz CT molecular complexity index is 110. The van der Waals surface area contributed by atoms with Crippen molar-refractivity contribution in [3.8, 4) is 0 Å². The highest BCUT2D eigenvalue weighted by molar-refractivity contribution is 4.81. The molecule has 0 amide bonds. The summed E-state index contributed by atoms with van der Waals surface area (Å²) in [5, 5.41) is 0. The van der Waals surface area contributed by atoms with Gasteiger partial charge in [-0.15, -0.1) is 0 Å². The van der Waals surface area contributed by atoms with Crippen molar-refractivity contribution in [3.63, 3.8) is 0 Å². The monoisotopic (exact) mass is 142 g/mol. The smallest absolute Gasteiger partial charge is 0.121 e. The Labute approximate surface area is 61.8 Å². The van der Waals surface area contributed by atoms with E-state index in [2.05, 4.69) is 0 Å². The Morgan fingerprint density at radius 2 is 2.60 bits per heavy atom. The molecule has 0 aliphatic carbocycles. The van der Waals surface area contributed by atoms with Gasteiger partial charge in [-0.3, -0.25) is 0 Å². The highest BCUT2D eigenvalue weighted by Gasteiger charge is 2.09. The van der Waals surface area contributed by atoms with Crippen LogP contribution in [0.2, 0.25) is 0 Å². The maximum absolute atomic E-state index is 5.27. The molecule has 0 N–H and O–H groups in total. The van der Waals surface area contributed by atoms with Crippen LogP contribution in [0.1, 0.15) is 19.8 Å². The molecule has 0 aromatic heterocycles. The zero-order valence-corrected chi connectivity index (χ0v) is 6.38. The lowest BCUT2D eigenvalue weighted by Crippen LogP contribution is -2.19. The maximum atomic E-state index is 5.27. The van der Waals surface area contributed by atoms with Gasteiger partial charge in [-0.2, -0.15) is 0 Å². The predicted molar refractivity (Wildman–Crippen MR) is 39.7 cm³/mol. The molecule has 10 heavy (non-hydrogen) atoms. The van der Waals surface area contributed by atoms with Crippen LogP contribution in [-0.2, 0) is 9.47 Å². The van der Waals surface area contributed by atoms with Gasteiger partial charge in [-0.1, -0.05) is 0 Å². The van der Waals surface area contributed by atoms with E-state index in [9.17, 15) is 0 Å². The van der Waals surface area contributed by atoms with Gasteiger partial charge in [-0.05, 0) is 25.8 Å². The molecular weight excluding hydrogens is 128 g/mol. The summed E-state index contributed by atoms with van der Waals surface area (Å²) in [6.07, 6.45) is 6.33. The first-order valence-corrected chi connectivity index (χ1v) is 3.81. The summed E-state index contributed by atoms with van der Waals surface area (Å²) in [6, 6.07) is 0. The van der Waals surface area contributed by atoms with Crippen LogP contribution in [0.15, 0.2) is 12.3 Å². The quantitative estimate of drug-likeness (QED) is 0.597. The second-order valence-electron chi connectivity index (χ2n) is 2.37. The van der Waals surface area contributed by atoms with Gasteiger partial charge in [0, 0.05) is 6.61 Å². The van der Waals surface area contributed by atoms with Crippen LogP contribution in [0, 0.1) is 0 Å². The fraction of sp³-hybridized carbons (Fsp3) is 0.750. The molecular formula is C8H14O2. The fourth-order valence-corrected chi connectivity index (χ4v) is 0.957. The molecule has 0 bridgehead atoms. The summed E-state index contributed by atoms with van der Waals surface area (Å²) in [6.45, 7) is 3.52. The fourth-order valence-electron chi connectivity index (χ4n) is 0.957. The van der Waals surface area contributed by atoms with Crippen LogP contribution in [0.25, 0.3) is 0 Å². The number of hydrogen-bond donors (Lipinski definition) is 0. The Hall–Kier alpha value is -0.500. The molecule has 0 saturated heterocycles. The molecule has 1 rings (SSSR count). The molecule has 1 aliphatic rings.